The van der Waals surface area contributed by atoms with Gasteiger partial charge in [0, 0.05) is 23.4 Å². The van der Waals surface area contributed by atoms with E-state index in [2.05, 4.69) is 16.7 Å². The number of hydrogen-bond acceptors (Lipinski definition) is 3. The zero-order valence-electron chi connectivity index (χ0n) is 10.3. The summed E-state index contributed by atoms with van der Waals surface area (Å²) < 4.78 is 0. The Hall–Kier alpha value is -2.29. The van der Waals surface area contributed by atoms with Crippen LogP contribution >= 0.6 is 0 Å². The Bertz CT molecular complexity index is 574. The summed E-state index contributed by atoms with van der Waals surface area (Å²) in [7, 11) is 0. The van der Waals surface area contributed by atoms with Crippen LogP contribution in [0.3, 0.4) is 0 Å². The molecule has 0 radical (unpaired) electrons. The molecule has 90 valence electrons. The van der Waals surface area contributed by atoms with E-state index >= 15 is 0 Å². The summed E-state index contributed by atoms with van der Waals surface area (Å²) in [6.45, 7) is 5.37. The number of carbonyl (C=O) groups is 1. The molecule has 0 N–H and O–H groups in total. The smallest absolute Gasteiger partial charge is 0.150 e. The van der Waals surface area contributed by atoms with E-state index in [1.807, 2.05) is 37.3 Å². The minimum atomic E-state index is 0.668. The van der Waals surface area contributed by atoms with Gasteiger partial charge < -0.3 is 0 Å². The van der Waals surface area contributed by atoms with Gasteiger partial charge in [-0.05, 0) is 43.5 Å². The van der Waals surface area contributed by atoms with Crippen LogP contribution in [0.1, 0.15) is 27.3 Å². The van der Waals surface area contributed by atoms with Crippen LogP contribution in [0.2, 0.25) is 0 Å². The van der Waals surface area contributed by atoms with E-state index in [-0.39, 0.29) is 0 Å². The van der Waals surface area contributed by atoms with Crippen molar-refractivity contribution < 1.29 is 4.79 Å². The first kappa shape index (κ1) is 12.2. The highest BCUT2D eigenvalue weighted by atomic mass is 16.1. The second-order valence-corrected chi connectivity index (χ2v) is 4.15. The maximum absolute atomic E-state index is 10.8. The van der Waals surface area contributed by atoms with Crippen molar-refractivity contribution in [2.45, 2.75) is 13.3 Å². The summed E-state index contributed by atoms with van der Waals surface area (Å²) in [5, 5.41) is 0. The Morgan fingerprint density at radius 3 is 2.61 bits per heavy atom. The third-order valence-corrected chi connectivity index (χ3v) is 2.67. The number of aliphatic imine (C=N–C) groups is 1. The zero-order valence-corrected chi connectivity index (χ0v) is 10.3. The minimum absolute atomic E-state index is 0.668. The Labute approximate surface area is 106 Å². The van der Waals surface area contributed by atoms with Crippen molar-refractivity contribution in [2.75, 3.05) is 0 Å². The lowest BCUT2D eigenvalue weighted by atomic mass is 10.1. The second kappa shape index (κ2) is 5.36. The lowest BCUT2D eigenvalue weighted by Gasteiger charge is -2.04. The molecule has 18 heavy (non-hydrogen) atoms. The SMILES string of the molecule is C=Nc1ccc(Cc2cc(C=O)cc(C)n2)cc1. The molecule has 0 aliphatic heterocycles. The Morgan fingerprint density at radius 1 is 1.28 bits per heavy atom. The normalized spacial score (nSPS) is 10.1. The van der Waals surface area contributed by atoms with Gasteiger partial charge in [0.25, 0.3) is 0 Å². The monoisotopic (exact) mass is 238 g/mol. The first-order valence-electron chi connectivity index (χ1n) is 5.69. The largest absolute Gasteiger partial charge is 0.298 e. The molecule has 0 atom stereocenters. The Balaban J connectivity index is 2.24. The molecule has 1 heterocycles. The van der Waals surface area contributed by atoms with E-state index in [9.17, 15) is 4.79 Å². The number of nitrogens with zero attached hydrogens (tertiary/aromatic N) is 2. The molecule has 0 fully saturated rings. The second-order valence-electron chi connectivity index (χ2n) is 4.15. The molecule has 0 saturated carbocycles. The van der Waals surface area contributed by atoms with E-state index in [1.165, 1.54) is 0 Å². The van der Waals surface area contributed by atoms with Crippen LogP contribution in [0.5, 0.6) is 0 Å². The summed E-state index contributed by atoms with van der Waals surface area (Å²) >= 11 is 0. The highest BCUT2D eigenvalue weighted by Gasteiger charge is 2.01. The van der Waals surface area contributed by atoms with Gasteiger partial charge in [0.1, 0.15) is 6.29 Å². The fraction of sp³-hybridized carbons (Fsp3) is 0.133. The van der Waals surface area contributed by atoms with Gasteiger partial charge in [0.2, 0.25) is 0 Å². The maximum Gasteiger partial charge on any atom is 0.150 e. The van der Waals surface area contributed by atoms with Crippen LogP contribution in [-0.2, 0) is 6.42 Å². The van der Waals surface area contributed by atoms with Crippen LogP contribution < -0.4 is 0 Å². The summed E-state index contributed by atoms with van der Waals surface area (Å²) in [5.41, 5.74) is 4.42. The molecular formula is C15H14N2O. The summed E-state index contributed by atoms with van der Waals surface area (Å²) in [6.07, 6.45) is 1.56. The van der Waals surface area contributed by atoms with Crippen molar-refractivity contribution in [1.29, 1.82) is 0 Å². The zero-order chi connectivity index (χ0) is 13.0. The molecule has 0 spiro atoms. The number of carbonyl (C=O) groups excluding carboxylic acids is 1. The fourth-order valence-electron chi connectivity index (χ4n) is 1.85. The molecular weight excluding hydrogens is 224 g/mol. The predicted molar refractivity (Wildman–Crippen MR) is 72.8 cm³/mol. The standard InChI is InChI=1S/C15H14N2O/c1-11-7-13(10-18)9-15(17-11)8-12-3-5-14(16-2)6-4-12/h3-7,9-10H,2,8H2,1H3. The topological polar surface area (TPSA) is 42.3 Å². The number of aromatic nitrogens is 1. The van der Waals surface area contributed by atoms with E-state index < -0.39 is 0 Å². The van der Waals surface area contributed by atoms with Crippen molar-refractivity contribution in [1.82, 2.24) is 4.98 Å². The van der Waals surface area contributed by atoms with Crippen LogP contribution in [0, 0.1) is 6.92 Å². The van der Waals surface area contributed by atoms with Gasteiger partial charge in [-0.15, -0.1) is 0 Å². The van der Waals surface area contributed by atoms with Crippen molar-refractivity contribution in [3.63, 3.8) is 0 Å². The van der Waals surface area contributed by atoms with Crippen molar-refractivity contribution in [3.05, 3.63) is 58.9 Å². The fourth-order valence-corrected chi connectivity index (χ4v) is 1.85. The molecule has 0 bridgehead atoms. The number of rotatable bonds is 4. The van der Waals surface area contributed by atoms with Crippen molar-refractivity contribution in [3.8, 4) is 0 Å². The average Bonchev–Trinajstić information content (AvgIpc) is 2.39. The third kappa shape index (κ3) is 2.88. The van der Waals surface area contributed by atoms with E-state index in [0.717, 1.165) is 28.9 Å². The van der Waals surface area contributed by atoms with Crippen LogP contribution in [0.15, 0.2) is 41.4 Å². The first-order valence-corrected chi connectivity index (χ1v) is 5.69. The Morgan fingerprint density at radius 2 is 2.00 bits per heavy atom. The third-order valence-electron chi connectivity index (χ3n) is 2.67. The lowest BCUT2D eigenvalue weighted by Crippen LogP contribution is -1.96. The van der Waals surface area contributed by atoms with E-state index in [4.69, 9.17) is 0 Å². The molecule has 3 nitrogen and oxygen atoms in total. The molecule has 3 heteroatoms. The van der Waals surface area contributed by atoms with Crippen molar-refractivity contribution in [2.24, 2.45) is 4.99 Å². The number of hydrogen-bond donors (Lipinski definition) is 0. The molecule has 1 aromatic carbocycles. The quantitative estimate of drug-likeness (QED) is 0.606. The highest BCUT2D eigenvalue weighted by Crippen LogP contribution is 2.15. The Kier molecular flexibility index (Phi) is 3.63. The van der Waals surface area contributed by atoms with Crippen LogP contribution in [0.25, 0.3) is 0 Å². The maximum atomic E-state index is 10.8. The summed E-state index contributed by atoms with van der Waals surface area (Å²) in [6, 6.07) is 11.4. The predicted octanol–water partition coefficient (Wildman–Crippen LogP) is 3.13. The molecule has 0 unspecified atom stereocenters. The lowest BCUT2D eigenvalue weighted by molar-refractivity contribution is 0.112. The van der Waals surface area contributed by atoms with Gasteiger partial charge in [-0.3, -0.25) is 14.8 Å². The van der Waals surface area contributed by atoms with Crippen LogP contribution in [-0.4, -0.2) is 18.0 Å². The average molecular weight is 238 g/mol. The van der Waals surface area contributed by atoms with Gasteiger partial charge >= 0.3 is 0 Å². The molecule has 0 aliphatic carbocycles. The van der Waals surface area contributed by atoms with E-state index in [1.54, 1.807) is 6.07 Å². The van der Waals surface area contributed by atoms with Gasteiger partial charge in [-0.1, -0.05) is 12.1 Å². The molecule has 1 aromatic heterocycles. The van der Waals surface area contributed by atoms with Gasteiger partial charge in [0.15, 0.2) is 0 Å². The summed E-state index contributed by atoms with van der Waals surface area (Å²) in [5.74, 6) is 0. The number of benzene rings is 1. The van der Waals surface area contributed by atoms with Crippen molar-refractivity contribution >= 4 is 18.7 Å². The minimum Gasteiger partial charge on any atom is -0.298 e. The highest BCUT2D eigenvalue weighted by molar-refractivity contribution is 5.75. The van der Waals surface area contributed by atoms with Gasteiger partial charge in [-0.25, -0.2) is 0 Å². The molecule has 2 aromatic rings. The number of pyridine rings is 1. The first-order chi connectivity index (χ1) is 8.71. The molecule has 0 aliphatic rings. The molecule has 0 amide bonds. The molecule has 2 rings (SSSR count). The van der Waals surface area contributed by atoms with Gasteiger partial charge in [0.05, 0.1) is 5.69 Å². The molecule has 0 saturated heterocycles. The van der Waals surface area contributed by atoms with Gasteiger partial charge in [-0.2, -0.15) is 0 Å². The number of aldehydes is 1. The van der Waals surface area contributed by atoms with E-state index in [0.29, 0.717) is 12.0 Å². The number of aryl methyl sites for hydroxylation is 1. The summed E-state index contributed by atoms with van der Waals surface area (Å²) in [4.78, 5) is 19.1. The van der Waals surface area contributed by atoms with Crippen LogP contribution in [0.4, 0.5) is 5.69 Å².